The van der Waals surface area contributed by atoms with E-state index in [1.807, 2.05) is 43.5 Å². The van der Waals surface area contributed by atoms with Crippen molar-refractivity contribution in [2.24, 2.45) is 0 Å². The second-order valence-corrected chi connectivity index (χ2v) is 9.46. The molecule has 1 aliphatic heterocycles. The molecule has 0 bridgehead atoms. The van der Waals surface area contributed by atoms with Crippen LogP contribution in [0.4, 0.5) is 21.7 Å². The summed E-state index contributed by atoms with van der Waals surface area (Å²) in [4.78, 5) is 19.6. The second kappa shape index (κ2) is 10.0. The zero-order valence-electron chi connectivity index (χ0n) is 19.0. The van der Waals surface area contributed by atoms with E-state index in [1.54, 1.807) is 21.5 Å². The molecule has 0 aliphatic carbocycles. The minimum Gasteiger partial charge on any atom is -0.395 e. The molecule has 10 nitrogen and oxygen atoms in total. The van der Waals surface area contributed by atoms with E-state index in [0.29, 0.717) is 22.5 Å². The lowest BCUT2D eigenvalue weighted by molar-refractivity contribution is -0.117. The first-order chi connectivity index (χ1) is 17.0. The number of aromatic amines is 1. The van der Waals surface area contributed by atoms with Crippen LogP contribution in [-0.2, 0) is 4.79 Å². The van der Waals surface area contributed by atoms with Crippen molar-refractivity contribution in [1.29, 1.82) is 0 Å². The number of H-pyrrole nitrogens is 1. The van der Waals surface area contributed by atoms with Crippen LogP contribution in [0.25, 0.3) is 5.52 Å². The van der Waals surface area contributed by atoms with Crippen molar-refractivity contribution in [3.8, 4) is 0 Å². The Bertz CT molecular complexity index is 1320. The average Bonchev–Trinajstić information content (AvgIpc) is 3.55. The predicted molar refractivity (Wildman–Crippen MR) is 131 cm³/mol. The van der Waals surface area contributed by atoms with E-state index in [9.17, 15) is 14.3 Å². The standard InChI is InChI=1S/C23H25FN8O2S/c1-14-9-20(29-28-14)26-22-19-3-2-8-32(19)30-23(27-22)35-18-6-4-16(5-7-18)25-21(34)12-31-11-15(24)10-17(31)13-33/h2-9,15,17,33H,10-13H2,1H3,(H,25,34)(H2,26,27,28,29,30)/t15-,17+/m1/s1. The molecule has 4 N–H and O–H groups in total. The van der Waals surface area contributed by atoms with Gasteiger partial charge in [-0.3, -0.25) is 14.8 Å². The van der Waals surface area contributed by atoms with Gasteiger partial charge in [0.05, 0.1) is 13.2 Å². The summed E-state index contributed by atoms with van der Waals surface area (Å²) in [6.07, 6.45) is 1.10. The fourth-order valence-corrected chi connectivity index (χ4v) is 4.80. The fourth-order valence-electron chi connectivity index (χ4n) is 4.06. The van der Waals surface area contributed by atoms with Gasteiger partial charge in [0.2, 0.25) is 11.1 Å². The van der Waals surface area contributed by atoms with Crippen LogP contribution < -0.4 is 10.6 Å². The number of aryl methyl sites for hydroxylation is 1. The molecule has 35 heavy (non-hydrogen) atoms. The van der Waals surface area contributed by atoms with Crippen molar-refractivity contribution in [3.05, 3.63) is 54.4 Å². The van der Waals surface area contributed by atoms with E-state index in [-0.39, 0.29) is 38.1 Å². The highest BCUT2D eigenvalue weighted by Gasteiger charge is 2.32. The van der Waals surface area contributed by atoms with Crippen LogP contribution in [0.2, 0.25) is 0 Å². The first-order valence-electron chi connectivity index (χ1n) is 11.2. The molecule has 1 aliphatic rings. The van der Waals surface area contributed by atoms with Crippen LogP contribution >= 0.6 is 11.8 Å². The number of rotatable bonds is 8. The van der Waals surface area contributed by atoms with Gasteiger partial charge in [-0.25, -0.2) is 13.9 Å². The Balaban J connectivity index is 1.24. The molecule has 182 valence electrons. The second-order valence-electron chi connectivity index (χ2n) is 8.42. The molecule has 1 aromatic carbocycles. The molecule has 1 fully saturated rings. The van der Waals surface area contributed by atoms with E-state index in [0.717, 1.165) is 16.1 Å². The molecule has 0 spiro atoms. The number of hydrogen-bond acceptors (Lipinski definition) is 8. The zero-order valence-corrected chi connectivity index (χ0v) is 19.8. The van der Waals surface area contributed by atoms with Gasteiger partial charge in [0, 0.05) is 41.1 Å². The predicted octanol–water partition coefficient (Wildman–Crippen LogP) is 3.00. The number of carbonyl (C=O) groups is 1. The number of anilines is 3. The summed E-state index contributed by atoms with van der Waals surface area (Å²) in [5, 5.41) is 27.7. The van der Waals surface area contributed by atoms with Gasteiger partial charge in [-0.2, -0.15) is 5.10 Å². The van der Waals surface area contributed by atoms with Gasteiger partial charge in [-0.15, -0.1) is 5.10 Å². The minimum atomic E-state index is -1.01. The number of hydrogen-bond donors (Lipinski definition) is 4. The molecule has 4 heterocycles. The van der Waals surface area contributed by atoms with Gasteiger partial charge >= 0.3 is 0 Å². The minimum absolute atomic E-state index is 0.0399. The highest BCUT2D eigenvalue weighted by Crippen LogP contribution is 2.29. The normalized spacial score (nSPS) is 18.3. The van der Waals surface area contributed by atoms with Gasteiger partial charge < -0.3 is 15.7 Å². The maximum Gasteiger partial charge on any atom is 0.238 e. The number of benzene rings is 1. The van der Waals surface area contributed by atoms with E-state index in [4.69, 9.17) is 0 Å². The number of carbonyl (C=O) groups excluding carboxylic acids is 1. The van der Waals surface area contributed by atoms with Crippen molar-refractivity contribution >= 4 is 40.5 Å². The van der Waals surface area contributed by atoms with Gasteiger partial charge in [-0.1, -0.05) is 0 Å². The highest BCUT2D eigenvalue weighted by atomic mass is 32.2. The molecule has 5 rings (SSSR count). The zero-order chi connectivity index (χ0) is 24.4. The third-order valence-electron chi connectivity index (χ3n) is 5.71. The van der Waals surface area contributed by atoms with Gasteiger partial charge in [-0.05, 0) is 61.5 Å². The molecule has 0 unspecified atom stereocenters. The SMILES string of the molecule is Cc1cc(Nc2nc(Sc3ccc(NC(=O)CN4C[C@H](F)C[C@H]4CO)cc3)nn3cccc23)n[nH]1. The van der Waals surface area contributed by atoms with Gasteiger partial charge in [0.15, 0.2) is 11.6 Å². The van der Waals surface area contributed by atoms with Crippen LogP contribution in [0.15, 0.2) is 58.7 Å². The monoisotopic (exact) mass is 496 g/mol. The van der Waals surface area contributed by atoms with E-state index >= 15 is 0 Å². The first kappa shape index (κ1) is 23.3. The maximum absolute atomic E-state index is 13.6. The molecule has 1 saturated heterocycles. The van der Waals surface area contributed by atoms with Crippen LogP contribution in [0, 0.1) is 6.92 Å². The number of halogens is 1. The number of fused-ring (bicyclic) bond motifs is 1. The summed E-state index contributed by atoms with van der Waals surface area (Å²) in [7, 11) is 0. The topological polar surface area (TPSA) is 123 Å². The van der Waals surface area contributed by atoms with Crippen molar-refractivity contribution in [2.45, 2.75) is 35.6 Å². The molecular weight excluding hydrogens is 471 g/mol. The van der Waals surface area contributed by atoms with E-state index in [2.05, 4.69) is 30.9 Å². The number of amides is 1. The lowest BCUT2D eigenvalue weighted by Crippen LogP contribution is -2.38. The molecule has 2 atom stereocenters. The third kappa shape index (κ3) is 5.45. The van der Waals surface area contributed by atoms with Crippen molar-refractivity contribution in [2.75, 3.05) is 30.3 Å². The summed E-state index contributed by atoms with van der Waals surface area (Å²) in [5.74, 6) is 1.06. The summed E-state index contributed by atoms with van der Waals surface area (Å²) in [6, 6.07) is 12.7. The Morgan fingerprint density at radius 3 is 2.89 bits per heavy atom. The number of aliphatic hydroxyl groups excluding tert-OH is 1. The van der Waals surface area contributed by atoms with Crippen LogP contribution in [0.1, 0.15) is 12.1 Å². The summed E-state index contributed by atoms with van der Waals surface area (Å²) in [6.45, 7) is 1.97. The molecule has 1 amide bonds. The summed E-state index contributed by atoms with van der Waals surface area (Å²) >= 11 is 1.39. The summed E-state index contributed by atoms with van der Waals surface area (Å²) in [5.41, 5.74) is 2.40. The molecular formula is C23H25FN8O2S. The van der Waals surface area contributed by atoms with Gasteiger partial charge in [0.1, 0.15) is 11.7 Å². The number of likely N-dealkylation sites (tertiary alicyclic amines) is 1. The first-order valence-corrected chi connectivity index (χ1v) is 12.0. The number of aromatic nitrogens is 5. The van der Waals surface area contributed by atoms with Crippen molar-refractivity contribution in [1.82, 2.24) is 29.7 Å². The Morgan fingerprint density at radius 1 is 1.31 bits per heavy atom. The Kier molecular flexibility index (Phi) is 6.66. The van der Waals surface area contributed by atoms with Crippen LogP contribution in [0.5, 0.6) is 0 Å². The molecule has 3 aromatic heterocycles. The summed E-state index contributed by atoms with van der Waals surface area (Å²) < 4.78 is 15.4. The Labute approximate surface area is 204 Å². The third-order valence-corrected chi connectivity index (χ3v) is 6.57. The molecule has 12 heteroatoms. The number of alkyl halides is 1. The smallest absolute Gasteiger partial charge is 0.238 e. The molecule has 0 saturated carbocycles. The number of aliphatic hydroxyl groups is 1. The largest absolute Gasteiger partial charge is 0.395 e. The van der Waals surface area contributed by atoms with Crippen molar-refractivity contribution in [3.63, 3.8) is 0 Å². The Hall–Kier alpha value is -3.48. The lowest BCUT2D eigenvalue weighted by atomic mass is 10.2. The number of nitrogens with zero attached hydrogens (tertiary/aromatic N) is 5. The van der Waals surface area contributed by atoms with Crippen LogP contribution in [-0.4, -0.2) is 72.6 Å². The highest BCUT2D eigenvalue weighted by molar-refractivity contribution is 7.99. The quantitative estimate of drug-likeness (QED) is 0.294. The van der Waals surface area contributed by atoms with E-state index in [1.165, 1.54) is 11.8 Å². The van der Waals surface area contributed by atoms with Crippen molar-refractivity contribution < 1.29 is 14.3 Å². The van der Waals surface area contributed by atoms with E-state index < -0.39 is 6.17 Å². The lowest BCUT2D eigenvalue weighted by Gasteiger charge is -2.21. The molecule has 0 radical (unpaired) electrons. The molecule has 4 aromatic rings. The average molecular weight is 497 g/mol. The fraction of sp³-hybridized carbons (Fsp3) is 0.304. The number of nitrogens with one attached hydrogen (secondary N) is 3. The maximum atomic E-state index is 13.6. The van der Waals surface area contributed by atoms with Gasteiger partial charge in [0.25, 0.3) is 0 Å². The Morgan fingerprint density at radius 2 is 2.14 bits per heavy atom. The van der Waals surface area contributed by atoms with Crippen LogP contribution in [0.3, 0.4) is 0 Å².